The number of carbonyl (C=O) groups excluding carboxylic acids is 2. The fraction of sp³-hybridized carbons (Fsp3) is 0.111. The second kappa shape index (κ2) is 6.71. The van der Waals surface area contributed by atoms with Gasteiger partial charge in [-0.15, -0.1) is 0 Å². The average Bonchev–Trinajstić information content (AvgIpc) is 2.77. The second-order valence-corrected chi connectivity index (χ2v) is 6.85. The second-order valence-electron chi connectivity index (χ2n) is 5.66. The predicted octanol–water partition coefficient (Wildman–Crippen LogP) is 5.05. The summed E-state index contributed by atoms with van der Waals surface area (Å²) in [6.45, 7) is 3.95. The molecule has 1 aliphatic heterocycles. The van der Waals surface area contributed by atoms with E-state index in [0.717, 1.165) is 16.0 Å². The van der Waals surface area contributed by atoms with E-state index in [1.54, 1.807) is 0 Å². The maximum atomic E-state index is 12.7. The van der Waals surface area contributed by atoms with Gasteiger partial charge in [-0.25, -0.2) is 4.90 Å². The molecule has 7 heteroatoms. The SMILES string of the molecule is Cc1ccc(NC2=C(Cl)C(=O)N(c3ccc(Cl)c(Cl)c3)C2=O)cc1C. The molecule has 0 fully saturated rings. The first-order chi connectivity index (χ1) is 11.8. The number of benzene rings is 2. The summed E-state index contributed by atoms with van der Waals surface area (Å²) in [5, 5.41) is 3.34. The molecule has 2 aromatic rings. The number of halogens is 3. The lowest BCUT2D eigenvalue weighted by molar-refractivity contribution is -0.120. The first-order valence-electron chi connectivity index (χ1n) is 7.37. The van der Waals surface area contributed by atoms with Crippen LogP contribution in [0.4, 0.5) is 11.4 Å². The number of nitrogens with one attached hydrogen (secondary N) is 1. The molecule has 0 aliphatic carbocycles. The Labute approximate surface area is 160 Å². The summed E-state index contributed by atoms with van der Waals surface area (Å²) in [6.07, 6.45) is 0. The molecule has 3 rings (SSSR count). The van der Waals surface area contributed by atoms with Gasteiger partial charge in [0.15, 0.2) is 0 Å². The molecule has 4 nitrogen and oxygen atoms in total. The molecule has 0 bridgehead atoms. The van der Waals surface area contributed by atoms with E-state index in [0.29, 0.717) is 16.4 Å². The van der Waals surface area contributed by atoms with Crippen molar-refractivity contribution in [1.82, 2.24) is 0 Å². The van der Waals surface area contributed by atoms with E-state index in [9.17, 15) is 9.59 Å². The number of hydrogen-bond acceptors (Lipinski definition) is 3. The molecule has 1 aliphatic rings. The monoisotopic (exact) mass is 394 g/mol. The van der Waals surface area contributed by atoms with Gasteiger partial charge in [0.25, 0.3) is 11.8 Å². The van der Waals surface area contributed by atoms with Gasteiger partial charge in [0.2, 0.25) is 0 Å². The fourth-order valence-corrected chi connectivity index (χ4v) is 2.94. The number of nitrogens with zero attached hydrogens (tertiary/aromatic N) is 1. The van der Waals surface area contributed by atoms with Crippen LogP contribution in [0, 0.1) is 13.8 Å². The van der Waals surface area contributed by atoms with E-state index in [2.05, 4.69) is 5.32 Å². The number of hydrogen-bond donors (Lipinski definition) is 1. The zero-order valence-corrected chi connectivity index (χ0v) is 15.6. The van der Waals surface area contributed by atoms with Crippen LogP contribution in [0.5, 0.6) is 0 Å². The van der Waals surface area contributed by atoms with E-state index in [-0.39, 0.29) is 15.8 Å². The van der Waals surface area contributed by atoms with Gasteiger partial charge < -0.3 is 5.32 Å². The topological polar surface area (TPSA) is 49.4 Å². The molecule has 128 valence electrons. The van der Waals surface area contributed by atoms with Crippen molar-refractivity contribution in [2.45, 2.75) is 13.8 Å². The Balaban J connectivity index is 1.93. The van der Waals surface area contributed by atoms with E-state index < -0.39 is 11.8 Å². The molecule has 0 aromatic heterocycles. The summed E-state index contributed by atoms with van der Waals surface area (Å²) in [4.78, 5) is 26.1. The normalized spacial score (nSPS) is 14.5. The van der Waals surface area contributed by atoms with Crippen LogP contribution < -0.4 is 10.2 Å². The van der Waals surface area contributed by atoms with Crippen LogP contribution in [0.15, 0.2) is 47.1 Å². The van der Waals surface area contributed by atoms with E-state index in [4.69, 9.17) is 34.8 Å². The van der Waals surface area contributed by atoms with Crippen LogP contribution in [0.3, 0.4) is 0 Å². The molecule has 0 atom stereocenters. The van der Waals surface area contributed by atoms with Crippen molar-refractivity contribution < 1.29 is 9.59 Å². The Bertz CT molecular complexity index is 938. The highest BCUT2D eigenvalue weighted by molar-refractivity contribution is 6.53. The van der Waals surface area contributed by atoms with Crippen molar-refractivity contribution >= 4 is 58.0 Å². The minimum absolute atomic E-state index is 0.0287. The van der Waals surface area contributed by atoms with Gasteiger partial charge in [-0.05, 0) is 55.3 Å². The minimum Gasteiger partial charge on any atom is -0.350 e. The van der Waals surface area contributed by atoms with Gasteiger partial charge in [0.05, 0.1) is 15.7 Å². The molecular weight excluding hydrogens is 383 g/mol. The highest BCUT2D eigenvalue weighted by atomic mass is 35.5. The maximum Gasteiger partial charge on any atom is 0.283 e. The first-order valence-corrected chi connectivity index (χ1v) is 8.51. The Hall–Kier alpha value is -2.01. The average molecular weight is 396 g/mol. The summed E-state index contributed by atoms with van der Waals surface area (Å²) in [5.41, 5.74) is 3.19. The van der Waals surface area contributed by atoms with Crippen LogP contribution in [-0.2, 0) is 9.59 Å². The Kier molecular flexibility index (Phi) is 4.78. The smallest absolute Gasteiger partial charge is 0.283 e. The summed E-state index contributed by atoms with van der Waals surface area (Å²) >= 11 is 18.0. The molecule has 0 unspecified atom stereocenters. The van der Waals surface area contributed by atoms with Gasteiger partial charge in [-0.3, -0.25) is 9.59 Å². The number of amides is 2. The standard InChI is InChI=1S/C18H13Cl3N2O2/c1-9-3-4-11(7-10(9)2)22-16-15(21)17(24)23(18(16)25)12-5-6-13(19)14(20)8-12/h3-8,22H,1-2H3. The number of anilines is 2. The van der Waals surface area contributed by atoms with Crippen molar-refractivity contribution in [2.24, 2.45) is 0 Å². The van der Waals surface area contributed by atoms with Crippen molar-refractivity contribution in [1.29, 1.82) is 0 Å². The molecular formula is C18H13Cl3N2O2. The van der Waals surface area contributed by atoms with Gasteiger partial charge >= 0.3 is 0 Å². The van der Waals surface area contributed by atoms with Crippen molar-refractivity contribution in [2.75, 3.05) is 10.2 Å². The number of imide groups is 1. The Morgan fingerprint density at radius 3 is 2.20 bits per heavy atom. The third kappa shape index (κ3) is 3.25. The van der Waals surface area contributed by atoms with Crippen LogP contribution in [0.2, 0.25) is 10.0 Å². The molecule has 2 amide bonds. The molecule has 1 heterocycles. The number of rotatable bonds is 3. The fourth-order valence-electron chi connectivity index (χ4n) is 2.43. The van der Waals surface area contributed by atoms with Crippen LogP contribution in [0.1, 0.15) is 11.1 Å². The molecule has 2 aromatic carbocycles. The number of aryl methyl sites for hydroxylation is 2. The van der Waals surface area contributed by atoms with E-state index in [1.165, 1.54) is 18.2 Å². The summed E-state index contributed by atoms with van der Waals surface area (Å²) < 4.78 is 0. The lowest BCUT2D eigenvalue weighted by Crippen LogP contribution is -2.32. The molecule has 0 saturated heterocycles. The van der Waals surface area contributed by atoms with E-state index >= 15 is 0 Å². The zero-order chi connectivity index (χ0) is 18.3. The van der Waals surface area contributed by atoms with Crippen LogP contribution in [-0.4, -0.2) is 11.8 Å². The zero-order valence-electron chi connectivity index (χ0n) is 13.4. The molecule has 0 saturated carbocycles. The lowest BCUT2D eigenvalue weighted by Gasteiger charge is -2.16. The lowest BCUT2D eigenvalue weighted by atomic mass is 10.1. The van der Waals surface area contributed by atoms with Gasteiger partial charge in [-0.1, -0.05) is 40.9 Å². The van der Waals surface area contributed by atoms with Crippen molar-refractivity contribution in [3.63, 3.8) is 0 Å². The van der Waals surface area contributed by atoms with Gasteiger partial charge in [0.1, 0.15) is 10.7 Å². The predicted molar refractivity (Wildman–Crippen MR) is 101 cm³/mol. The molecule has 0 spiro atoms. The van der Waals surface area contributed by atoms with Crippen LogP contribution in [0.25, 0.3) is 0 Å². The quantitative estimate of drug-likeness (QED) is 0.740. The molecule has 25 heavy (non-hydrogen) atoms. The van der Waals surface area contributed by atoms with Gasteiger partial charge in [0, 0.05) is 5.69 Å². The third-order valence-corrected chi connectivity index (χ3v) is 5.05. The summed E-state index contributed by atoms with van der Waals surface area (Å²) in [6, 6.07) is 10.1. The van der Waals surface area contributed by atoms with E-state index in [1.807, 2.05) is 32.0 Å². The highest BCUT2D eigenvalue weighted by Gasteiger charge is 2.39. The number of carbonyl (C=O) groups is 2. The maximum absolute atomic E-state index is 12.7. The first kappa shape index (κ1) is 17.8. The summed E-state index contributed by atoms with van der Waals surface area (Å²) in [5.74, 6) is -1.16. The Morgan fingerprint density at radius 1 is 0.840 bits per heavy atom. The summed E-state index contributed by atoms with van der Waals surface area (Å²) in [7, 11) is 0. The molecule has 1 N–H and O–H groups in total. The van der Waals surface area contributed by atoms with Crippen LogP contribution >= 0.6 is 34.8 Å². The third-order valence-electron chi connectivity index (χ3n) is 3.96. The highest BCUT2D eigenvalue weighted by Crippen LogP contribution is 2.33. The minimum atomic E-state index is -0.614. The largest absolute Gasteiger partial charge is 0.350 e. The Morgan fingerprint density at radius 2 is 1.56 bits per heavy atom. The van der Waals surface area contributed by atoms with Crippen molar-refractivity contribution in [3.8, 4) is 0 Å². The van der Waals surface area contributed by atoms with Gasteiger partial charge in [-0.2, -0.15) is 0 Å². The molecule has 0 radical (unpaired) electrons. The van der Waals surface area contributed by atoms with Crippen molar-refractivity contribution in [3.05, 3.63) is 68.3 Å².